The largest absolute Gasteiger partial charge is 0.350 e. The molecule has 25 heavy (non-hydrogen) atoms. The molecule has 2 aliphatic heterocycles. The number of benzene rings is 1. The van der Waals surface area contributed by atoms with Crippen LogP contribution in [0.25, 0.3) is 0 Å². The number of aryl methyl sites for hydroxylation is 1. The third kappa shape index (κ3) is 4.19. The van der Waals surface area contributed by atoms with Crippen molar-refractivity contribution in [3.8, 4) is 0 Å². The molecule has 0 radical (unpaired) electrons. The highest BCUT2D eigenvalue weighted by molar-refractivity contribution is 5.95. The van der Waals surface area contributed by atoms with Crippen molar-refractivity contribution in [3.05, 3.63) is 35.4 Å². The second kappa shape index (κ2) is 7.97. The van der Waals surface area contributed by atoms with Crippen LogP contribution in [0.2, 0.25) is 0 Å². The number of nitrogens with one attached hydrogen (secondary N) is 1. The lowest BCUT2D eigenvalue weighted by Crippen LogP contribution is -2.51. The number of carbonyl (C=O) groups is 2. The van der Waals surface area contributed by atoms with E-state index in [2.05, 4.69) is 22.2 Å². The van der Waals surface area contributed by atoms with Crippen molar-refractivity contribution < 1.29 is 9.59 Å². The fraction of sp³-hybridized carbons (Fsp3) is 0.579. The van der Waals surface area contributed by atoms with Gasteiger partial charge in [0.1, 0.15) is 0 Å². The molecule has 3 rings (SSSR count). The highest BCUT2D eigenvalue weighted by Crippen LogP contribution is 2.18. The van der Waals surface area contributed by atoms with E-state index in [9.17, 15) is 9.59 Å². The van der Waals surface area contributed by atoms with E-state index >= 15 is 0 Å². The SMILES string of the molecule is Cc1ccccc1C(=O)NCCN1CCC(N2CCN(C)CC2)C1=O. The molecule has 2 fully saturated rings. The maximum Gasteiger partial charge on any atom is 0.251 e. The first-order valence-electron chi connectivity index (χ1n) is 9.11. The Bertz CT molecular complexity index is 626. The molecule has 0 bridgehead atoms. The first-order chi connectivity index (χ1) is 12.1. The number of likely N-dealkylation sites (tertiary alicyclic amines) is 1. The summed E-state index contributed by atoms with van der Waals surface area (Å²) in [4.78, 5) is 31.4. The number of amides is 2. The molecule has 1 aromatic carbocycles. The first kappa shape index (κ1) is 17.9. The van der Waals surface area contributed by atoms with Crippen LogP contribution >= 0.6 is 0 Å². The van der Waals surface area contributed by atoms with Crippen LogP contribution in [0.1, 0.15) is 22.3 Å². The number of rotatable bonds is 5. The van der Waals surface area contributed by atoms with Crippen molar-refractivity contribution in [2.75, 3.05) is 52.9 Å². The molecule has 2 heterocycles. The molecular formula is C19H28N4O2. The summed E-state index contributed by atoms with van der Waals surface area (Å²) in [6.45, 7) is 7.77. The highest BCUT2D eigenvalue weighted by atomic mass is 16.2. The molecular weight excluding hydrogens is 316 g/mol. The van der Waals surface area contributed by atoms with E-state index < -0.39 is 0 Å². The van der Waals surface area contributed by atoms with Gasteiger partial charge < -0.3 is 15.1 Å². The molecule has 2 amide bonds. The van der Waals surface area contributed by atoms with Gasteiger partial charge >= 0.3 is 0 Å². The van der Waals surface area contributed by atoms with Crippen molar-refractivity contribution in [2.24, 2.45) is 0 Å². The maximum atomic E-state index is 12.6. The zero-order valence-electron chi connectivity index (χ0n) is 15.2. The fourth-order valence-electron chi connectivity index (χ4n) is 3.64. The van der Waals surface area contributed by atoms with E-state index in [1.807, 2.05) is 36.1 Å². The molecule has 1 aromatic rings. The zero-order valence-corrected chi connectivity index (χ0v) is 15.2. The van der Waals surface area contributed by atoms with Gasteiger partial charge in [0.15, 0.2) is 0 Å². The minimum absolute atomic E-state index is 0.0285. The van der Waals surface area contributed by atoms with Gasteiger partial charge in [-0.3, -0.25) is 14.5 Å². The van der Waals surface area contributed by atoms with Gasteiger partial charge in [0, 0.05) is 51.4 Å². The molecule has 2 aliphatic rings. The Morgan fingerprint density at radius 3 is 2.60 bits per heavy atom. The third-order valence-electron chi connectivity index (χ3n) is 5.30. The second-order valence-corrected chi connectivity index (χ2v) is 7.04. The molecule has 0 aliphatic carbocycles. The molecule has 1 atom stereocenters. The van der Waals surface area contributed by atoms with Gasteiger partial charge in [0.2, 0.25) is 5.91 Å². The van der Waals surface area contributed by atoms with E-state index in [4.69, 9.17) is 0 Å². The number of piperazine rings is 1. The topological polar surface area (TPSA) is 55.9 Å². The van der Waals surface area contributed by atoms with Gasteiger partial charge in [-0.2, -0.15) is 0 Å². The predicted octanol–water partition coefficient (Wildman–Crippen LogP) is 0.573. The standard InChI is InChI=1S/C19H28N4O2/c1-15-5-3-4-6-16(15)18(24)20-8-10-23-9-7-17(19(23)25)22-13-11-21(2)12-14-22/h3-6,17H,7-14H2,1-2H3,(H,20,24). The summed E-state index contributed by atoms with van der Waals surface area (Å²) in [5, 5.41) is 2.93. The summed E-state index contributed by atoms with van der Waals surface area (Å²) in [5.41, 5.74) is 1.66. The molecule has 136 valence electrons. The Kier molecular flexibility index (Phi) is 5.71. The van der Waals surface area contributed by atoms with Gasteiger partial charge in [0.25, 0.3) is 5.91 Å². The number of carbonyl (C=O) groups excluding carboxylic acids is 2. The summed E-state index contributed by atoms with van der Waals surface area (Å²) < 4.78 is 0. The van der Waals surface area contributed by atoms with Gasteiger partial charge in [-0.25, -0.2) is 0 Å². The molecule has 0 saturated carbocycles. The van der Waals surface area contributed by atoms with Crippen molar-refractivity contribution in [1.29, 1.82) is 0 Å². The molecule has 1 N–H and O–H groups in total. The van der Waals surface area contributed by atoms with Crippen molar-refractivity contribution >= 4 is 11.8 Å². The second-order valence-electron chi connectivity index (χ2n) is 7.04. The Morgan fingerprint density at radius 1 is 1.16 bits per heavy atom. The minimum Gasteiger partial charge on any atom is -0.350 e. The number of likely N-dealkylation sites (N-methyl/N-ethyl adjacent to an activating group) is 1. The summed E-state index contributed by atoms with van der Waals surface area (Å²) in [6, 6.07) is 7.58. The lowest BCUT2D eigenvalue weighted by molar-refractivity contribution is -0.132. The smallest absolute Gasteiger partial charge is 0.251 e. The summed E-state index contributed by atoms with van der Waals surface area (Å²) in [5.74, 6) is 0.148. The summed E-state index contributed by atoms with van der Waals surface area (Å²) in [7, 11) is 2.12. The van der Waals surface area contributed by atoms with Crippen molar-refractivity contribution in [1.82, 2.24) is 20.0 Å². The van der Waals surface area contributed by atoms with Gasteiger partial charge in [-0.15, -0.1) is 0 Å². The minimum atomic E-state index is -0.0691. The Labute approximate surface area is 149 Å². The van der Waals surface area contributed by atoms with Crippen LogP contribution < -0.4 is 5.32 Å². The third-order valence-corrected chi connectivity index (χ3v) is 5.30. The van der Waals surface area contributed by atoms with Crippen LogP contribution in [-0.2, 0) is 4.79 Å². The molecule has 2 saturated heterocycles. The highest BCUT2D eigenvalue weighted by Gasteiger charge is 2.36. The molecule has 0 spiro atoms. The van der Waals surface area contributed by atoms with Crippen molar-refractivity contribution in [2.45, 2.75) is 19.4 Å². The van der Waals surface area contributed by atoms with Crippen LogP contribution in [0.4, 0.5) is 0 Å². The van der Waals surface area contributed by atoms with Gasteiger partial charge in [-0.05, 0) is 32.0 Å². The zero-order chi connectivity index (χ0) is 17.8. The summed E-state index contributed by atoms with van der Waals surface area (Å²) >= 11 is 0. The van der Waals surface area contributed by atoms with Crippen LogP contribution in [0.15, 0.2) is 24.3 Å². The van der Waals surface area contributed by atoms with Gasteiger partial charge in [-0.1, -0.05) is 18.2 Å². The van der Waals surface area contributed by atoms with E-state index in [0.29, 0.717) is 18.7 Å². The Balaban J connectivity index is 1.46. The molecule has 0 aromatic heterocycles. The van der Waals surface area contributed by atoms with Crippen LogP contribution in [0.3, 0.4) is 0 Å². The quantitative estimate of drug-likeness (QED) is 0.849. The van der Waals surface area contributed by atoms with E-state index in [-0.39, 0.29) is 17.9 Å². The predicted molar refractivity (Wildman–Crippen MR) is 97.6 cm³/mol. The summed E-state index contributed by atoms with van der Waals surface area (Å²) in [6.07, 6.45) is 0.897. The molecule has 6 heteroatoms. The van der Waals surface area contributed by atoms with Gasteiger partial charge in [0.05, 0.1) is 6.04 Å². The Hall–Kier alpha value is -1.92. The van der Waals surface area contributed by atoms with Crippen LogP contribution in [-0.4, -0.2) is 85.4 Å². The maximum absolute atomic E-state index is 12.6. The van der Waals surface area contributed by atoms with E-state index in [1.165, 1.54) is 0 Å². The lowest BCUT2D eigenvalue weighted by Gasteiger charge is -2.35. The van der Waals surface area contributed by atoms with Crippen molar-refractivity contribution in [3.63, 3.8) is 0 Å². The lowest BCUT2D eigenvalue weighted by atomic mass is 10.1. The molecule has 6 nitrogen and oxygen atoms in total. The molecule has 1 unspecified atom stereocenters. The number of hydrogen-bond donors (Lipinski definition) is 1. The Morgan fingerprint density at radius 2 is 1.88 bits per heavy atom. The first-order valence-corrected chi connectivity index (χ1v) is 9.11. The van der Waals surface area contributed by atoms with E-state index in [0.717, 1.165) is 44.7 Å². The fourth-order valence-corrected chi connectivity index (χ4v) is 3.64. The monoisotopic (exact) mass is 344 g/mol. The van der Waals surface area contributed by atoms with E-state index in [1.54, 1.807) is 0 Å². The van der Waals surface area contributed by atoms with Crippen LogP contribution in [0, 0.1) is 6.92 Å². The average Bonchev–Trinajstić information content (AvgIpc) is 2.97. The average molecular weight is 344 g/mol. The normalized spacial score (nSPS) is 22.4. The van der Waals surface area contributed by atoms with Crippen LogP contribution in [0.5, 0.6) is 0 Å². The number of hydrogen-bond acceptors (Lipinski definition) is 4. The number of nitrogens with zero attached hydrogens (tertiary/aromatic N) is 3.